The number of nitriles is 2. The third-order valence-corrected chi connectivity index (χ3v) is 9.17. The molecule has 0 saturated heterocycles. The second-order valence-corrected chi connectivity index (χ2v) is 14.3. The number of carbonyl (C=O) groups excluding carboxylic acids is 1. The predicted octanol–water partition coefficient (Wildman–Crippen LogP) is 12.3. The highest BCUT2D eigenvalue weighted by Crippen LogP contribution is 2.45. The molecule has 4 aromatic rings. The number of hydrogen-bond acceptors (Lipinski definition) is 4. The molecule has 8 heteroatoms. The van der Waals surface area contributed by atoms with E-state index < -0.39 is 11.7 Å². The zero-order chi connectivity index (χ0) is 37.3. The molecular formula is C43H48F3N3O2. The van der Waals surface area contributed by atoms with Gasteiger partial charge < -0.3 is 9.64 Å². The number of fused-ring (bicyclic) bond motifs is 1. The standard InChI is InChI=1S/C43H48F3N3O2/c1-7-9-11-13-19-49(20-14-12-10-8-2)41(50)30-15-17-36(18-16-30)51-38-26-34(42(4,5)6)24-32-23-33(27-47)37(28-48)39(40(32)38)31-21-29(3)22-35(25-31)43(44,45)46/h15-18,21-26H,7-14,19-20H2,1-6H3. The molecule has 0 bridgehead atoms. The molecule has 0 spiro atoms. The predicted molar refractivity (Wildman–Crippen MR) is 198 cm³/mol. The van der Waals surface area contributed by atoms with Crippen molar-refractivity contribution in [3.63, 3.8) is 0 Å². The molecule has 4 rings (SSSR count). The van der Waals surface area contributed by atoms with Crippen molar-refractivity contribution in [3.05, 3.63) is 94.0 Å². The SMILES string of the molecule is CCCCCCN(CCCCCC)C(=O)c1ccc(Oc2cc(C(C)(C)C)cc3cc(C#N)c(C#N)c(-c4cc(C)cc(C(F)(F)F)c4)c23)cc1. The zero-order valence-corrected chi connectivity index (χ0v) is 30.6. The Labute approximate surface area is 300 Å². The monoisotopic (exact) mass is 695 g/mol. The lowest BCUT2D eigenvalue weighted by atomic mass is 9.82. The molecule has 268 valence electrons. The summed E-state index contributed by atoms with van der Waals surface area (Å²) in [4.78, 5) is 15.6. The maximum atomic E-state index is 14.0. The Bertz CT molecular complexity index is 1910. The Morgan fingerprint density at radius 1 is 0.784 bits per heavy atom. The van der Waals surface area contributed by atoms with Crippen LogP contribution in [0.1, 0.15) is 124 Å². The summed E-state index contributed by atoms with van der Waals surface area (Å²) < 4.78 is 48.6. The molecule has 0 heterocycles. The van der Waals surface area contributed by atoms with Gasteiger partial charge in [-0.25, -0.2) is 0 Å². The van der Waals surface area contributed by atoms with Gasteiger partial charge in [0.05, 0.1) is 16.7 Å². The summed E-state index contributed by atoms with van der Waals surface area (Å²) in [5.41, 5.74) is 0.964. The molecule has 4 aromatic carbocycles. The highest BCUT2D eigenvalue weighted by molar-refractivity contribution is 6.05. The average Bonchev–Trinajstić information content (AvgIpc) is 3.08. The number of halogens is 3. The van der Waals surface area contributed by atoms with E-state index in [4.69, 9.17) is 4.74 Å². The van der Waals surface area contributed by atoms with Crippen molar-refractivity contribution >= 4 is 16.7 Å². The van der Waals surface area contributed by atoms with Gasteiger partial charge in [-0.1, -0.05) is 85.3 Å². The van der Waals surface area contributed by atoms with Crippen molar-refractivity contribution < 1.29 is 22.7 Å². The lowest BCUT2D eigenvalue weighted by Gasteiger charge is -2.24. The Morgan fingerprint density at radius 2 is 1.41 bits per heavy atom. The number of ether oxygens (including phenoxy) is 1. The summed E-state index contributed by atoms with van der Waals surface area (Å²) >= 11 is 0. The fourth-order valence-corrected chi connectivity index (χ4v) is 6.35. The molecule has 51 heavy (non-hydrogen) atoms. The highest BCUT2D eigenvalue weighted by Gasteiger charge is 2.32. The number of unbranched alkanes of at least 4 members (excludes halogenated alkanes) is 6. The van der Waals surface area contributed by atoms with Crippen molar-refractivity contribution in [1.82, 2.24) is 4.90 Å². The van der Waals surface area contributed by atoms with Gasteiger partial charge in [0.1, 0.15) is 23.6 Å². The molecule has 0 aliphatic rings. The van der Waals surface area contributed by atoms with Crippen LogP contribution in [0.25, 0.3) is 21.9 Å². The molecule has 0 atom stereocenters. The summed E-state index contributed by atoms with van der Waals surface area (Å²) in [6.45, 7) is 13.4. The van der Waals surface area contributed by atoms with Crippen LogP contribution in [0.5, 0.6) is 11.5 Å². The number of nitrogens with zero attached hydrogens (tertiary/aromatic N) is 3. The largest absolute Gasteiger partial charge is 0.457 e. The Balaban J connectivity index is 1.83. The van der Waals surface area contributed by atoms with Gasteiger partial charge in [-0.3, -0.25) is 4.79 Å². The molecule has 0 aliphatic heterocycles. The summed E-state index contributed by atoms with van der Waals surface area (Å²) in [6, 6.07) is 20.1. The first-order valence-corrected chi connectivity index (χ1v) is 17.9. The first kappa shape index (κ1) is 39.0. The van der Waals surface area contributed by atoms with Crippen molar-refractivity contribution in [2.24, 2.45) is 0 Å². The number of aryl methyl sites for hydroxylation is 1. The van der Waals surface area contributed by atoms with E-state index in [1.54, 1.807) is 43.3 Å². The maximum Gasteiger partial charge on any atom is 0.416 e. The van der Waals surface area contributed by atoms with Crippen molar-refractivity contribution in [2.45, 2.75) is 105 Å². The van der Waals surface area contributed by atoms with Crippen molar-refractivity contribution in [3.8, 4) is 34.8 Å². The van der Waals surface area contributed by atoms with E-state index in [1.165, 1.54) is 0 Å². The van der Waals surface area contributed by atoms with Gasteiger partial charge in [0.25, 0.3) is 5.91 Å². The van der Waals surface area contributed by atoms with Crippen LogP contribution in [-0.2, 0) is 11.6 Å². The minimum atomic E-state index is -4.62. The second kappa shape index (κ2) is 16.9. The fourth-order valence-electron chi connectivity index (χ4n) is 6.35. The first-order chi connectivity index (χ1) is 24.2. The molecular weight excluding hydrogens is 647 g/mol. The zero-order valence-electron chi connectivity index (χ0n) is 30.6. The number of amides is 1. The quantitative estimate of drug-likeness (QED) is 0.123. The molecule has 0 aliphatic carbocycles. The second-order valence-electron chi connectivity index (χ2n) is 14.3. The normalized spacial score (nSPS) is 11.7. The fraction of sp³-hybridized carbons (Fsp3) is 0.419. The van der Waals surface area contributed by atoms with Gasteiger partial charge in [-0.2, -0.15) is 23.7 Å². The van der Waals surface area contributed by atoms with E-state index in [9.17, 15) is 28.5 Å². The van der Waals surface area contributed by atoms with E-state index in [0.717, 1.165) is 69.1 Å². The van der Waals surface area contributed by atoms with E-state index in [-0.39, 0.29) is 33.6 Å². The molecule has 0 aromatic heterocycles. The molecule has 5 nitrogen and oxygen atoms in total. The lowest BCUT2D eigenvalue weighted by Crippen LogP contribution is -2.33. The number of benzene rings is 4. The van der Waals surface area contributed by atoms with Gasteiger partial charge in [0.15, 0.2) is 0 Å². The van der Waals surface area contributed by atoms with Crippen LogP contribution < -0.4 is 4.74 Å². The van der Waals surface area contributed by atoms with Crippen LogP contribution in [0, 0.1) is 29.6 Å². The van der Waals surface area contributed by atoms with Crippen LogP contribution >= 0.6 is 0 Å². The molecule has 1 amide bonds. The minimum Gasteiger partial charge on any atom is -0.457 e. The van der Waals surface area contributed by atoms with Crippen LogP contribution in [0.15, 0.2) is 60.7 Å². The van der Waals surface area contributed by atoms with E-state index in [2.05, 4.69) is 26.0 Å². The van der Waals surface area contributed by atoms with E-state index in [1.807, 2.05) is 37.8 Å². The Hall–Kier alpha value is -4.82. The molecule has 0 unspecified atom stereocenters. The van der Waals surface area contributed by atoms with Gasteiger partial charge in [0.2, 0.25) is 0 Å². The van der Waals surface area contributed by atoms with Crippen LogP contribution in [0.4, 0.5) is 13.2 Å². The number of rotatable bonds is 14. The minimum absolute atomic E-state index is 0.0281. The van der Waals surface area contributed by atoms with Gasteiger partial charge in [-0.15, -0.1) is 0 Å². The van der Waals surface area contributed by atoms with Gasteiger partial charge in [-0.05, 0) is 95.8 Å². The highest BCUT2D eigenvalue weighted by atomic mass is 19.4. The van der Waals surface area contributed by atoms with Gasteiger partial charge >= 0.3 is 6.18 Å². The van der Waals surface area contributed by atoms with E-state index >= 15 is 0 Å². The smallest absolute Gasteiger partial charge is 0.416 e. The third-order valence-electron chi connectivity index (χ3n) is 9.17. The van der Waals surface area contributed by atoms with Crippen LogP contribution in [0.3, 0.4) is 0 Å². The molecule has 0 radical (unpaired) electrons. The van der Waals surface area contributed by atoms with Crippen LogP contribution in [-0.4, -0.2) is 23.9 Å². The summed E-state index contributed by atoms with van der Waals surface area (Å²) in [5, 5.41) is 21.3. The number of alkyl halides is 3. The maximum absolute atomic E-state index is 14.0. The molecule has 0 fully saturated rings. The summed E-state index contributed by atoms with van der Waals surface area (Å²) in [5.74, 6) is 0.723. The lowest BCUT2D eigenvalue weighted by molar-refractivity contribution is -0.137. The summed E-state index contributed by atoms with van der Waals surface area (Å²) in [7, 11) is 0. The van der Waals surface area contributed by atoms with Gasteiger partial charge in [0, 0.05) is 29.6 Å². The summed E-state index contributed by atoms with van der Waals surface area (Å²) in [6.07, 6.45) is 3.97. The molecule has 0 saturated carbocycles. The Morgan fingerprint density at radius 3 is 1.94 bits per heavy atom. The first-order valence-electron chi connectivity index (χ1n) is 17.9. The number of carbonyl (C=O) groups is 1. The third kappa shape index (κ3) is 9.70. The van der Waals surface area contributed by atoms with Crippen molar-refractivity contribution in [1.29, 1.82) is 10.5 Å². The topological polar surface area (TPSA) is 77.1 Å². The molecule has 0 N–H and O–H groups in total. The van der Waals surface area contributed by atoms with Crippen molar-refractivity contribution in [2.75, 3.05) is 13.1 Å². The van der Waals surface area contributed by atoms with Crippen LogP contribution in [0.2, 0.25) is 0 Å². The number of hydrogen-bond donors (Lipinski definition) is 0. The van der Waals surface area contributed by atoms with E-state index in [0.29, 0.717) is 46.5 Å². The Kier molecular flexibility index (Phi) is 12.9. The average molecular weight is 696 g/mol.